The molecule has 0 spiro atoms. The van der Waals surface area contributed by atoms with E-state index in [2.05, 4.69) is 0 Å². The van der Waals surface area contributed by atoms with Gasteiger partial charge < -0.3 is 18.9 Å². The number of hydrazine groups is 1. The van der Waals surface area contributed by atoms with E-state index in [1.165, 1.54) is 18.9 Å². The molecule has 1 amide bonds. The van der Waals surface area contributed by atoms with Gasteiger partial charge in [0.15, 0.2) is 22.4 Å². The molecule has 0 N–H and O–H groups in total. The minimum atomic E-state index is -0.453. The number of carbonyl (C=O) groups is 2. The van der Waals surface area contributed by atoms with Crippen LogP contribution in [-0.4, -0.2) is 72.8 Å². The number of methoxy groups -OCH3 is 1. The van der Waals surface area contributed by atoms with E-state index in [0.717, 1.165) is 5.56 Å². The molecular formula is C19H22N2O6S2. The first-order valence-corrected chi connectivity index (χ1v) is 10.3. The number of thiocarbonyl (C=S) groups is 1. The Bertz CT molecular complexity index is 823. The summed E-state index contributed by atoms with van der Waals surface area (Å²) in [6.45, 7) is 4.21. The highest BCUT2D eigenvalue weighted by Crippen LogP contribution is 2.35. The fourth-order valence-electron chi connectivity index (χ4n) is 2.84. The lowest BCUT2D eigenvalue weighted by Crippen LogP contribution is -2.50. The second-order valence-corrected chi connectivity index (χ2v) is 7.74. The standard InChI is InChI=1S/C19H22N2O6S2/c1-3-26-17(22)12-27-14-5-4-13(10-15(14)24-2)11-16-18(23)21(19(28)29-16)20-6-8-25-9-7-20/h4-5,10-11H,3,6-9,12H2,1-2H3. The van der Waals surface area contributed by atoms with Gasteiger partial charge in [0.05, 0.1) is 31.8 Å². The van der Waals surface area contributed by atoms with Crippen molar-refractivity contribution in [3.8, 4) is 11.5 Å². The Kier molecular flexibility index (Phi) is 7.48. The van der Waals surface area contributed by atoms with Crippen molar-refractivity contribution < 1.29 is 28.5 Å². The van der Waals surface area contributed by atoms with Crippen LogP contribution in [0.15, 0.2) is 23.1 Å². The van der Waals surface area contributed by atoms with Crippen molar-refractivity contribution in [2.75, 3.05) is 46.6 Å². The molecule has 2 heterocycles. The van der Waals surface area contributed by atoms with Crippen LogP contribution in [0.25, 0.3) is 6.08 Å². The number of morpholine rings is 1. The van der Waals surface area contributed by atoms with Gasteiger partial charge in [0.1, 0.15) is 0 Å². The number of rotatable bonds is 7. The van der Waals surface area contributed by atoms with E-state index in [1.54, 1.807) is 36.2 Å². The van der Waals surface area contributed by atoms with Crippen molar-refractivity contribution >= 4 is 46.3 Å². The first kappa shape index (κ1) is 21.6. The van der Waals surface area contributed by atoms with Crippen LogP contribution in [0.5, 0.6) is 11.5 Å². The molecule has 156 valence electrons. The number of amides is 1. The number of hydrogen-bond donors (Lipinski definition) is 0. The fourth-order valence-corrected chi connectivity index (χ4v) is 4.15. The minimum absolute atomic E-state index is 0.150. The zero-order chi connectivity index (χ0) is 20.8. The van der Waals surface area contributed by atoms with Crippen molar-refractivity contribution in [2.45, 2.75) is 6.92 Å². The van der Waals surface area contributed by atoms with Crippen LogP contribution in [0.1, 0.15) is 12.5 Å². The summed E-state index contributed by atoms with van der Waals surface area (Å²) in [5, 5.41) is 3.46. The maximum Gasteiger partial charge on any atom is 0.344 e. The van der Waals surface area contributed by atoms with Crippen molar-refractivity contribution in [1.29, 1.82) is 0 Å². The molecule has 0 saturated carbocycles. The first-order chi connectivity index (χ1) is 14.0. The molecule has 2 fully saturated rings. The second-order valence-electron chi connectivity index (χ2n) is 6.06. The average Bonchev–Trinajstić information content (AvgIpc) is 3.00. The van der Waals surface area contributed by atoms with Gasteiger partial charge in [-0.3, -0.25) is 4.79 Å². The van der Waals surface area contributed by atoms with Gasteiger partial charge in [-0.15, -0.1) is 0 Å². The molecule has 2 aliphatic rings. The minimum Gasteiger partial charge on any atom is -0.493 e. The van der Waals surface area contributed by atoms with Gasteiger partial charge >= 0.3 is 5.97 Å². The number of carbonyl (C=O) groups excluding carboxylic acids is 2. The molecule has 3 rings (SSSR count). The maximum atomic E-state index is 12.8. The SMILES string of the molecule is CCOC(=O)COc1ccc(C=C2SC(=S)N(N3CCOCC3)C2=O)cc1OC. The smallest absolute Gasteiger partial charge is 0.344 e. The number of hydrogen-bond acceptors (Lipinski definition) is 9. The zero-order valence-corrected chi connectivity index (χ0v) is 17.8. The largest absolute Gasteiger partial charge is 0.493 e. The second kappa shape index (κ2) is 10.1. The molecule has 2 saturated heterocycles. The lowest BCUT2D eigenvalue weighted by Gasteiger charge is -2.33. The molecule has 0 aliphatic carbocycles. The van der Waals surface area contributed by atoms with E-state index in [1.807, 2.05) is 5.01 Å². The summed E-state index contributed by atoms with van der Waals surface area (Å²) in [5.74, 6) is 0.263. The summed E-state index contributed by atoms with van der Waals surface area (Å²) in [4.78, 5) is 24.8. The van der Waals surface area contributed by atoms with Gasteiger partial charge in [-0.25, -0.2) is 14.8 Å². The van der Waals surface area contributed by atoms with E-state index in [9.17, 15) is 9.59 Å². The molecule has 0 bridgehead atoms. The highest BCUT2D eigenvalue weighted by atomic mass is 32.2. The van der Waals surface area contributed by atoms with Crippen LogP contribution in [0.3, 0.4) is 0 Å². The summed E-state index contributed by atoms with van der Waals surface area (Å²) < 4.78 is 21.5. The molecule has 0 atom stereocenters. The van der Waals surface area contributed by atoms with Gasteiger partial charge in [-0.1, -0.05) is 30.0 Å². The third-order valence-electron chi connectivity index (χ3n) is 4.18. The molecule has 1 aromatic rings. The van der Waals surface area contributed by atoms with Gasteiger partial charge in [0.25, 0.3) is 5.91 Å². The van der Waals surface area contributed by atoms with Crippen LogP contribution in [0.4, 0.5) is 0 Å². The molecule has 2 aliphatic heterocycles. The van der Waals surface area contributed by atoms with E-state index in [0.29, 0.717) is 53.6 Å². The Morgan fingerprint density at radius 1 is 1.31 bits per heavy atom. The normalized spacial score (nSPS) is 19.0. The average molecular weight is 439 g/mol. The third-order valence-corrected chi connectivity index (χ3v) is 5.46. The molecule has 8 nitrogen and oxygen atoms in total. The molecule has 1 aromatic carbocycles. The van der Waals surface area contributed by atoms with E-state index in [4.69, 9.17) is 31.2 Å². The first-order valence-electron chi connectivity index (χ1n) is 9.10. The fraction of sp³-hybridized carbons (Fsp3) is 0.421. The van der Waals surface area contributed by atoms with E-state index < -0.39 is 5.97 Å². The van der Waals surface area contributed by atoms with Crippen LogP contribution in [0.2, 0.25) is 0 Å². The molecular weight excluding hydrogens is 416 g/mol. The van der Waals surface area contributed by atoms with Crippen molar-refractivity contribution in [3.63, 3.8) is 0 Å². The van der Waals surface area contributed by atoms with E-state index in [-0.39, 0.29) is 12.5 Å². The van der Waals surface area contributed by atoms with Crippen LogP contribution < -0.4 is 9.47 Å². The Labute approximate surface area is 178 Å². The Morgan fingerprint density at radius 3 is 2.76 bits per heavy atom. The number of thioether (sulfide) groups is 1. The van der Waals surface area contributed by atoms with Gasteiger partial charge in [0, 0.05) is 13.1 Å². The summed E-state index contributed by atoms with van der Waals surface area (Å²) in [6.07, 6.45) is 1.76. The third kappa shape index (κ3) is 5.27. The summed E-state index contributed by atoms with van der Waals surface area (Å²) in [7, 11) is 1.51. The molecule has 0 unspecified atom stereocenters. The number of nitrogens with zero attached hydrogens (tertiary/aromatic N) is 2. The quantitative estimate of drug-likeness (QED) is 0.361. The Morgan fingerprint density at radius 2 is 2.07 bits per heavy atom. The molecule has 0 aromatic heterocycles. The highest BCUT2D eigenvalue weighted by Gasteiger charge is 2.36. The number of benzene rings is 1. The molecule has 29 heavy (non-hydrogen) atoms. The van der Waals surface area contributed by atoms with Crippen molar-refractivity contribution in [2.24, 2.45) is 0 Å². The predicted molar refractivity (Wildman–Crippen MR) is 113 cm³/mol. The van der Waals surface area contributed by atoms with Gasteiger partial charge in [-0.05, 0) is 30.7 Å². The Balaban J connectivity index is 1.73. The van der Waals surface area contributed by atoms with Crippen molar-refractivity contribution in [3.05, 3.63) is 28.7 Å². The summed E-state index contributed by atoms with van der Waals surface area (Å²) >= 11 is 6.66. The van der Waals surface area contributed by atoms with E-state index >= 15 is 0 Å². The lowest BCUT2D eigenvalue weighted by molar-refractivity contribution is -0.145. The predicted octanol–water partition coefficient (Wildman–Crippen LogP) is 2.09. The summed E-state index contributed by atoms with van der Waals surface area (Å²) in [5.41, 5.74) is 0.757. The van der Waals surface area contributed by atoms with Crippen LogP contribution >= 0.6 is 24.0 Å². The highest BCUT2D eigenvalue weighted by molar-refractivity contribution is 8.26. The lowest BCUT2D eigenvalue weighted by atomic mass is 10.2. The molecule has 0 radical (unpaired) electrons. The Hall–Kier alpha value is -2.14. The number of ether oxygens (including phenoxy) is 4. The van der Waals surface area contributed by atoms with Gasteiger partial charge in [-0.2, -0.15) is 0 Å². The zero-order valence-electron chi connectivity index (χ0n) is 16.2. The van der Waals surface area contributed by atoms with Crippen LogP contribution in [-0.2, 0) is 19.1 Å². The van der Waals surface area contributed by atoms with Crippen LogP contribution in [0, 0.1) is 0 Å². The van der Waals surface area contributed by atoms with Crippen molar-refractivity contribution in [1.82, 2.24) is 10.0 Å². The van der Waals surface area contributed by atoms with Gasteiger partial charge in [0.2, 0.25) is 0 Å². The number of esters is 1. The monoisotopic (exact) mass is 438 g/mol. The molecule has 10 heteroatoms. The summed E-state index contributed by atoms with van der Waals surface area (Å²) in [6, 6.07) is 5.21. The topological polar surface area (TPSA) is 77.5 Å². The maximum absolute atomic E-state index is 12.8.